The van der Waals surface area contributed by atoms with Gasteiger partial charge in [0.15, 0.2) is 0 Å². The van der Waals surface area contributed by atoms with Crippen LogP contribution in [0.5, 0.6) is 0 Å². The Hall–Kier alpha value is -2.07. The summed E-state index contributed by atoms with van der Waals surface area (Å²) in [5.74, 6) is -0.0123. The average Bonchev–Trinajstić information content (AvgIpc) is 2.48. The summed E-state index contributed by atoms with van der Waals surface area (Å²) in [6.07, 6.45) is 5.98. The zero-order chi connectivity index (χ0) is 13.8. The molecule has 1 amide bonds. The van der Waals surface area contributed by atoms with Crippen molar-refractivity contribution in [3.05, 3.63) is 53.9 Å². The van der Waals surface area contributed by atoms with Gasteiger partial charge in [-0.25, -0.2) is 0 Å². The van der Waals surface area contributed by atoms with E-state index in [9.17, 15) is 4.79 Å². The van der Waals surface area contributed by atoms with E-state index in [-0.39, 0.29) is 18.3 Å². The molecule has 0 spiro atoms. The van der Waals surface area contributed by atoms with Crippen molar-refractivity contribution in [1.82, 2.24) is 4.98 Å². The molecule has 1 aliphatic rings. The van der Waals surface area contributed by atoms with E-state index in [0.29, 0.717) is 6.42 Å². The van der Waals surface area contributed by atoms with Gasteiger partial charge in [0.25, 0.3) is 0 Å². The summed E-state index contributed by atoms with van der Waals surface area (Å²) in [6.45, 7) is 1.03. The molecular formula is C16H18ClN3O. The van der Waals surface area contributed by atoms with Gasteiger partial charge in [0.05, 0.1) is 6.42 Å². The lowest BCUT2D eigenvalue weighted by Crippen LogP contribution is -2.16. The number of hydrogen-bond acceptors (Lipinski definition) is 3. The molecule has 0 saturated heterocycles. The number of hydrogen-bond donors (Lipinski definition) is 2. The summed E-state index contributed by atoms with van der Waals surface area (Å²) >= 11 is 0. The van der Waals surface area contributed by atoms with Crippen molar-refractivity contribution in [2.75, 3.05) is 17.2 Å². The van der Waals surface area contributed by atoms with Crippen molar-refractivity contribution in [3.8, 4) is 0 Å². The number of carbonyl (C=O) groups is 1. The van der Waals surface area contributed by atoms with Crippen molar-refractivity contribution in [3.63, 3.8) is 0 Å². The maximum absolute atomic E-state index is 12.0. The van der Waals surface area contributed by atoms with E-state index in [4.69, 9.17) is 0 Å². The number of rotatable bonds is 3. The van der Waals surface area contributed by atoms with Crippen LogP contribution in [0.1, 0.15) is 17.5 Å². The summed E-state index contributed by atoms with van der Waals surface area (Å²) in [5.41, 5.74) is 4.24. The molecule has 3 rings (SSSR count). The molecule has 1 aromatic heterocycles. The number of nitrogens with zero attached hydrogens (tertiary/aromatic N) is 1. The summed E-state index contributed by atoms with van der Waals surface area (Å²) < 4.78 is 0. The van der Waals surface area contributed by atoms with Crippen molar-refractivity contribution in [2.45, 2.75) is 19.3 Å². The van der Waals surface area contributed by atoms with Gasteiger partial charge >= 0.3 is 0 Å². The first-order valence-electron chi connectivity index (χ1n) is 6.87. The van der Waals surface area contributed by atoms with E-state index < -0.39 is 0 Å². The van der Waals surface area contributed by atoms with Crippen molar-refractivity contribution < 1.29 is 4.79 Å². The lowest BCUT2D eigenvalue weighted by atomic mass is 10.0. The molecule has 4 nitrogen and oxygen atoms in total. The molecule has 5 heteroatoms. The van der Waals surface area contributed by atoms with Gasteiger partial charge in [0.1, 0.15) is 0 Å². The molecule has 0 aliphatic carbocycles. The monoisotopic (exact) mass is 303 g/mol. The number of benzene rings is 1. The molecule has 1 aromatic carbocycles. The lowest BCUT2D eigenvalue weighted by Gasteiger charge is -2.18. The molecule has 2 N–H and O–H groups in total. The molecule has 0 unspecified atom stereocenters. The van der Waals surface area contributed by atoms with Gasteiger partial charge < -0.3 is 10.6 Å². The third-order valence-electron chi connectivity index (χ3n) is 3.41. The van der Waals surface area contributed by atoms with Crippen LogP contribution in [0, 0.1) is 0 Å². The van der Waals surface area contributed by atoms with Crippen molar-refractivity contribution >= 4 is 29.7 Å². The Balaban J connectivity index is 0.00000161. The predicted molar refractivity (Wildman–Crippen MR) is 87.1 cm³/mol. The molecule has 21 heavy (non-hydrogen) atoms. The van der Waals surface area contributed by atoms with Gasteiger partial charge in [-0.05, 0) is 48.2 Å². The minimum absolute atomic E-state index is 0. The molecule has 0 fully saturated rings. The average molecular weight is 304 g/mol. The number of halogens is 1. The Morgan fingerprint density at radius 2 is 2.24 bits per heavy atom. The van der Waals surface area contributed by atoms with Crippen LogP contribution in [-0.4, -0.2) is 17.4 Å². The molecule has 1 aliphatic heterocycles. The number of fused-ring (bicyclic) bond motifs is 1. The third-order valence-corrected chi connectivity index (χ3v) is 3.41. The first-order chi connectivity index (χ1) is 9.81. The third kappa shape index (κ3) is 3.95. The normalized spacial score (nSPS) is 12.6. The molecule has 2 aromatic rings. The Morgan fingerprint density at radius 3 is 3.05 bits per heavy atom. The fourth-order valence-corrected chi connectivity index (χ4v) is 2.45. The lowest BCUT2D eigenvalue weighted by molar-refractivity contribution is -0.115. The maximum atomic E-state index is 12.0. The molecule has 0 atom stereocenters. The quantitative estimate of drug-likeness (QED) is 0.916. The topological polar surface area (TPSA) is 54.0 Å². The fourth-order valence-electron chi connectivity index (χ4n) is 2.45. The van der Waals surface area contributed by atoms with Crippen LogP contribution < -0.4 is 10.6 Å². The van der Waals surface area contributed by atoms with Crippen LogP contribution in [0.15, 0.2) is 42.7 Å². The molecule has 0 saturated carbocycles. The first-order valence-corrected chi connectivity index (χ1v) is 6.87. The van der Waals surface area contributed by atoms with Gasteiger partial charge in [-0.15, -0.1) is 12.4 Å². The van der Waals surface area contributed by atoms with Crippen LogP contribution in [0.4, 0.5) is 11.4 Å². The van der Waals surface area contributed by atoms with Gasteiger partial charge in [0.2, 0.25) is 5.91 Å². The Labute approximate surface area is 130 Å². The largest absolute Gasteiger partial charge is 0.385 e. The highest BCUT2D eigenvalue weighted by Crippen LogP contribution is 2.25. The number of anilines is 2. The van der Waals surface area contributed by atoms with Crippen molar-refractivity contribution in [2.24, 2.45) is 0 Å². The van der Waals surface area contributed by atoms with E-state index >= 15 is 0 Å². The standard InChI is InChI=1S/C16H17N3O.ClH/c20-16(9-12-3-1-7-17-11-12)19-14-5-6-15-13(10-14)4-2-8-18-15;/h1,3,5-7,10-11,18H,2,4,8-9H2,(H,19,20);1H. The summed E-state index contributed by atoms with van der Waals surface area (Å²) in [7, 11) is 0. The number of aryl methyl sites for hydroxylation is 1. The Morgan fingerprint density at radius 1 is 1.33 bits per heavy atom. The Kier molecular flexibility index (Phi) is 5.17. The smallest absolute Gasteiger partial charge is 0.228 e. The molecule has 0 radical (unpaired) electrons. The second-order valence-electron chi connectivity index (χ2n) is 4.99. The number of nitrogens with one attached hydrogen (secondary N) is 2. The van der Waals surface area contributed by atoms with E-state index in [0.717, 1.165) is 30.6 Å². The van der Waals surface area contributed by atoms with Gasteiger partial charge in [0, 0.05) is 30.3 Å². The fraction of sp³-hybridized carbons (Fsp3) is 0.250. The second kappa shape index (κ2) is 7.09. The number of aromatic nitrogens is 1. The van der Waals surface area contributed by atoms with Gasteiger partial charge in [-0.2, -0.15) is 0 Å². The summed E-state index contributed by atoms with van der Waals surface area (Å²) in [4.78, 5) is 16.0. The zero-order valence-corrected chi connectivity index (χ0v) is 12.5. The first kappa shape index (κ1) is 15.3. The van der Waals surface area contributed by atoms with E-state index in [2.05, 4.69) is 21.7 Å². The Bertz CT molecular complexity index is 616. The van der Waals surface area contributed by atoms with Gasteiger partial charge in [-0.3, -0.25) is 9.78 Å². The second-order valence-corrected chi connectivity index (χ2v) is 4.99. The van der Waals surface area contributed by atoms with Crippen LogP contribution in [0.3, 0.4) is 0 Å². The highest BCUT2D eigenvalue weighted by atomic mass is 35.5. The highest BCUT2D eigenvalue weighted by molar-refractivity contribution is 5.92. The van der Waals surface area contributed by atoms with E-state index in [1.54, 1.807) is 12.4 Å². The zero-order valence-electron chi connectivity index (χ0n) is 11.6. The number of amides is 1. The minimum atomic E-state index is -0.0123. The molecule has 0 bridgehead atoms. The maximum Gasteiger partial charge on any atom is 0.228 e. The summed E-state index contributed by atoms with van der Waals surface area (Å²) in [6, 6.07) is 9.78. The molecule has 2 heterocycles. The summed E-state index contributed by atoms with van der Waals surface area (Å²) in [5, 5.41) is 6.31. The molecule has 110 valence electrons. The van der Waals surface area contributed by atoms with Crippen LogP contribution >= 0.6 is 12.4 Å². The molecular weight excluding hydrogens is 286 g/mol. The van der Waals surface area contributed by atoms with Gasteiger partial charge in [-0.1, -0.05) is 6.07 Å². The van der Waals surface area contributed by atoms with Crippen molar-refractivity contribution in [1.29, 1.82) is 0 Å². The number of pyridine rings is 1. The minimum Gasteiger partial charge on any atom is -0.385 e. The SMILES string of the molecule is Cl.O=C(Cc1cccnc1)Nc1ccc2c(c1)CCCN2. The van der Waals surface area contributed by atoms with Crippen LogP contribution in [0.25, 0.3) is 0 Å². The van der Waals surface area contributed by atoms with E-state index in [1.165, 1.54) is 11.3 Å². The van der Waals surface area contributed by atoms with Crippen LogP contribution in [-0.2, 0) is 17.6 Å². The number of carbonyl (C=O) groups excluding carboxylic acids is 1. The van der Waals surface area contributed by atoms with Crippen LogP contribution in [0.2, 0.25) is 0 Å². The van der Waals surface area contributed by atoms with E-state index in [1.807, 2.05) is 24.3 Å². The predicted octanol–water partition coefficient (Wildman–Crippen LogP) is 3.04. The highest BCUT2D eigenvalue weighted by Gasteiger charge is 2.10.